The molecule has 0 amide bonds. The standard InChI is InChI=1S/C15H17NO4S/c1-4-14-16-11(9-21-14)8-20-15(17)10-5-12(18-2)7-13(6-10)19-3/h5-7,9H,4,8H2,1-3H3. The molecule has 21 heavy (non-hydrogen) atoms. The molecule has 0 radical (unpaired) electrons. The maximum atomic E-state index is 12.1. The summed E-state index contributed by atoms with van der Waals surface area (Å²) in [7, 11) is 3.07. The Morgan fingerprint density at radius 1 is 1.19 bits per heavy atom. The minimum absolute atomic E-state index is 0.162. The van der Waals surface area contributed by atoms with Crippen LogP contribution >= 0.6 is 11.3 Å². The van der Waals surface area contributed by atoms with Crippen molar-refractivity contribution in [3.05, 3.63) is 39.8 Å². The number of carbonyl (C=O) groups excluding carboxylic acids is 1. The van der Waals surface area contributed by atoms with Crippen molar-refractivity contribution in [2.75, 3.05) is 14.2 Å². The molecule has 0 saturated heterocycles. The van der Waals surface area contributed by atoms with Crippen LogP contribution in [-0.2, 0) is 17.8 Å². The summed E-state index contributed by atoms with van der Waals surface area (Å²) in [5.41, 5.74) is 1.15. The number of aryl methyl sites for hydroxylation is 1. The van der Waals surface area contributed by atoms with E-state index in [1.807, 2.05) is 12.3 Å². The molecule has 6 heteroatoms. The summed E-state index contributed by atoms with van der Waals surface area (Å²) in [5.74, 6) is 0.657. The summed E-state index contributed by atoms with van der Waals surface area (Å²) in [5, 5.41) is 2.93. The average molecular weight is 307 g/mol. The van der Waals surface area contributed by atoms with E-state index in [0.717, 1.165) is 17.1 Å². The topological polar surface area (TPSA) is 57.7 Å². The number of methoxy groups -OCH3 is 2. The third kappa shape index (κ3) is 3.95. The Labute approximate surface area is 127 Å². The average Bonchev–Trinajstić information content (AvgIpc) is 3.00. The number of ether oxygens (including phenoxy) is 3. The zero-order chi connectivity index (χ0) is 15.2. The highest BCUT2D eigenvalue weighted by Gasteiger charge is 2.12. The van der Waals surface area contributed by atoms with Gasteiger partial charge >= 0.3 is 5.97 Å². The fourth-order valence-corrected chi connectivity index (χ4v) is 2.46. The van der Waals surface area contributed by atoms with E-state index in [1.54, 1.807) is 29.5 Å². The van der Waals surface area contributed by atoms with E-state index in [1.165, 1.54) is 14.2 Å². The highest BCUT2D eigenvalue weighted by molar-refractivity contribution is 7.09. The van der Waals surface area contributed by atoms with Crippen molar-refractivity contribution in [2.45, 2.75) is 20.0 Å². The lowest BCUT2D eigenvalue weighted by Crippen LogP contribution is -2.06. The molecule has 0 saturated carbocycles. The van der Waals surface area contributed by atoms with E-state index in [9.17, 15) is 4.79 Å². The lowest BCUT2D eigenvalue weighted by Gasteiger charge is -2.08. The van der Waals surface area contributed by atoms with Crippen LogP contribution in [0.2, 0.25) is 0 Å². The molecule has 0 fully saturated rings. The largest absolute Gasteiger partial charge is 0.497 e. The highest BCUT2D eigenvalue weighted by atomic mass is 32.1. The number of carbonyl (C=O) groups is 1. The Kier molecular flexibility index (Phi) is 5.16. The summed E-state index contributed by atoms with van der Waals surface area (Å²) in [6.45, 7) is 2.20. The summed E-state index contributed by atoms with van der Waals surface area (Å²) < 4.78 is 15.5. The van der Waals surface area contributed by atoms with Crippen molar-refractivity contribution in [1.82, 2.24) is 4.98 Å². The Bertz CT molecular complexity index is 602. The van der Waals surface area contributed by atoms with E-state index >= 15 is 0 Å². The van der Waals surface area contributed by atoms with Gasteiger partial charge in [-0.1, -0.05) is 6.92 Å². The van der Waals surface area contributed by atoms with Crippen LogP contribution in [0.3, 0.4) is 0 Å². The van der Waals surface area contributed by atoms with Crippen molar-refractivity contribution in [3.8, 4) is 11.5 Å². The van der Waals surface area contributed by atoms with E-state index < -0.39 is 5.97 Å². The van der Waals surface area contributed by atoms with Gasteiger partial charge in [0, 0.05) is 11.4 Å². The van der Waals surface area contributed by atoms with Crippen LogP contribution in [0.5, 0.6) is 11.5 Å². The molecule has 112 valence electrons. The van der Waals surface area contributed by atoms with Gasteiger partial charge in [-0.3, -0.25) is 0 Å². The second-order valence-electron chi connectivity index (χ2n) is 4.26. The first-order valence-electron chi connectivity index (χ1n) is 6.49. The van der Waals surface area contributed by atoms with Gasteiger partial charge in [-0.15, -0.1) is 11.3 Å². The van der Waals surface area contributed by atoms with E-state index in [4.69, 9.17) is 14.2 Å². The lowest BCUT2D eigenvalue weighted by molar-refractivity contribution is 0.0467. The first kappa shape index (κ1) is 15.3. The Morgan fingerprint density at radius 2 is 1.86 bits per heavy atom. The van der Waals surface area contributed by atoms with E-state index in [0.29, 0.717) is 17.1 Å². The minimum atomic E-state index is -0.432. The molecule has 0 unspecified atom stereocenters. The molecule has 0 aliphatic heterocycles. The molecule has 0 spiro atoms. The number of nitrogens with zero attached hydrogens (tertiary/aromatic N) is 1. The van der Waals surface area contributed by atoms with E-state index in [2.05, 4.69) is 4.98 Å². The second-order valence-corrected chi connectivity index (χ2v) is 5.21. The summed E-state index contributed by atoms with van der Waals surface area (Å²) >= 11 is 1.57. The Hall–Kier alpha value is -2.08. The van der Waals surface area contributed by atoms with Crippen LogP contribution in [0.25, 0.3) is 0 Å². The molecule has 5 nitrogen and oxygen atoms in total. The van der Waals surface area contributed by atoms with Crippen LogP contribution in [0.15, 0.2) is 23.6 Å². The first-order chi connectivity index (χ1) is 10.2. The fourth-order valence-electron chi connectivity index (χ4n) is 1.73. The summed E-state index contributed by atoms with van der Waals surface area (Å²) in [6, 6.07) is 4.93. The zero-order valence-electron chi connectivity index (χ0n) is 12.2. The number of thiazole rings is 1. The van der Waals surface area contributed by atoms with Gasteiger partial charge in [0.05, 0.1) is 30.5 Å². The van der Waals surface area contributed by atoms with Crippen LogP contribution in [0.1, 0.15) is 28.0 Å². The summed E-state index contributed by atoms with van der Waals surface area (Å²) in [6.07, 6.45) is 0.881. The predicted octanol–water partition coefficient (Wildman–Crippen LogP) is 3.08. The maximum absolute atomic E-state index is 12.1. The quantitative estimate of drug-likeness (QED) is 0.768. The minimum Gasteiger partial charge on any atom is -0.497 e. The van der Waals surface area contributed by atoms with Crippen LogP contribution in [-0.4, -0.2) is 25.2 Å². The molecule has 0 aliphatic rings. The molecule has 1 aromatic carbocycles. The number of esters is 1. The lowest BCUT2D eigenvalue weighted by atomic mass is 10.2. The molecule has 0 N–H and O–H groups in total. The molecule has 0 atom stereocenters. The van der Waals surface area contributed by atoms with Crippen LogP contribution in [0.4, 0.5) is 0 Å². The van der Waals surface area contributed by atoms with Gasteiger partial charge in [0.1, 0.15) is 18.1 Å². The molecule has 0 bridgehead atoms. The second kappa shape index (κ2) is 7.08. The van der Waals surface area contributed by atoms with Gasteiger partial charge in [-0.2, -0.15) is 0 Å². The molecular weight excluding hydrogens is 290 g/mol. The normalized spacial score (nSPS) is 10.2. The number of rotatable bonds is 6. The number of benzene rings is 1. The van der Waals surface area contributed by atoms with Gasteiger partial charge in [0.2, 0.25) is 0 Å². The number of hydrogen-bond acceptors (Lipinski definition) is 6. The van der Waals surface area contributed by atoms with Crippen LogP contribution in [0, 0.1) is 0 Å². The van der Waals surface area contributed by atoms with Crippen molar-refractivity contribution >= 4 is 17.3 Å². The molecule has 1 aromatic heterocycles. The summed E-state index contributed by atoms with van der Waals surface area (Å²) in [4.78, 5) is 16.4. The number of hydrogen-bond donors (Lipinski definition) is 0. The van der Waals surface area contributed by atoms with Crippen molar-refractivity contribution in [2.24, 2.45) is 0 Å². The monoisotopic (exact) mass is 307 g/mol. The van der Waals surface area contributed by atoms with Crippen molar-refractivity contribution in [1.29, 1.82) is 0 Å². The first-order valence-corrected chi connectivity index (χ1v) is 7.37. The van der Waals surface area contributed by atoms with Gasteiger partial charge in [-0.25, -0.2) is 9.78 Å². The third-order valence-corrected chi connectivity index (χ3v) is 3.88. The van der Waals surface area contributed by atoms with E-state index in [-0.39, 0.29) is 6.61 Å². The highest BCUT2D eigenvalue weighted by Crippen LogP contribution is 2.23. The predicted molar refractivity (Wildman–Crippen MR) is 80.2 cm³/mol. The smallest absolute Gasteiger partial charge is 0.338 e. The molecule has 2 aromatic rings. The SMILES string of the molecule is CCc1nc(COC(=O)c2cc(OC)cc(OC)c2)cs1. The van der Waals surface area contributed by atoms with Gasteiger partial charge in [0.25, 0.3) is 0 Å². The zero-order valence-corrected chi connectivity index (χ0v) is 13.0. The van der Waals surface area contributed by atoms with Gasteiger partial charge in [-0.05, 0) is 18.6 Å². The van der Waals surface area contributed by atoms with Crippen molar-refractivity contribution in [3.63, 3.8) is 0 Å². The van der Waals surface area contributed by atoms with Gasteiger partial charge in [0.15, 0.2) is 0 Å². The van der Waals surface area contributed by atoms with Crippen molar-refractivity contribution < 1.29 is 19.0 Å². The molecule has 1 heterocycles. The fraction of sp³-hybridized carbons (Fsp3) is 0.333. The maximum Gasteiger partial charge on any atom is 0.338 e. The Morgan fingerprint density at radius 3 is 2.38 bits per heavy atom. The van der Waals surface area contributed by atoms with Gasteiger partial charge < -0.3 is 14.2 Å². The Balaban J connectivity index is 2.05. The molecular formula is C15H17NO4S. The molecule has 2 rings (SSSR count). The third-order valence-electron chi connectivity index (χ3n) is 2.84. The van der Waals surface area contributed by atoms with Crippen LogP contribution < -0.4 is 9.47 Å². The number of aromatic nitrogens is 1. The molecule has 0 aliphatic carbocycles.